The maximum Gasteiger partial charge on any atom is 0.191 e. The Balaban J connectivity index is 0.00000420. The third-order valence-electron chi connectivity index (χ3n) is 4.95. The zero-order chi connectivity index (χ0) is 20.8. The number of hydrogen-bond acceptors (Lipinski definition) is 5. The summed E-state index contributed by atoms with van der Waals surface area (Å²) in [6, 6.07) is 10.1. The molecule has 9 heteroatoms. The number of hydrogen-bond donors (Lipinski definition) is 2. The first-order valence-electron chi connectivity index (χ1n) is 9.61. The highest BCUT2D eigenvalue weighted by molar-refractivity contribution is 14.0. The van der Waals surface area contributed by atoms with Crippen molar-refractivity contribution in [1.29, 1.82) is 5.26 Å². The summed E-state index contributed by atoms with van der Waals surface area (Å²) in [5.41, 5.74) is 1.63. The van der Waals surface area contributed by atoms with Crippen LogP contribution in [0, 0.1) is 11.3 Å². The van der Waals surface area contributed by atoms with Gasteiger partial charge in [-0.3, -0.25) is 4.99 Å². The van der Waals surface area contributed by atoms with Crippen LogP contribution in [0.1, 0.15) is 39.2 Å². The average Bonchev–Trinajstić information content (AvgIpc) is 2.66. The minimum atomic E-state index is -3.17. The Hall–Kier alpha value is -1.54. The second-order valence-electron chi connectivity index (χ2n) is 7.99. The number of para-hydroxylation sites is 1. The van der Waals surface area contributed by atoms with E-state index in [-0.39, 0.29) is 35.8 Å². The van der Waals surface area contributed by atoms with Crippen LogP contribution in [0.2, 0.25) is 0 Å². The van der Waals surface area contributed by atoms with E-state index in [0.717, 1.165) is 31.6 Å². The lowest BCUT2D eigenvalue weighted by molar-refractivity contribution is 0.468. The number of anilines is 1. The van der Waals surface area contributed by atoms with Crippen molar-refractivity contribution < 1.29 is 8.42 Å². The van der Waals surface area contributed by atoms with Crippen LogP contribution < -0.4 is 15.5 Å². The normalized spacial score (nSPS) is 17.8. The van der Waals surface area contributed by atoms with E-state index in [4.69, 9.17) is 0 Å². The van der Waals surface area contributed by atoms with Gasteiger partial charge in [0, 0.05) is 32.7 Å². The van der Waals surface area contributed by atoms with Gasteiger partial charge in [0.05, 0.1) is 21.8 Å². The van der Waals surface area contributed by atoms with Gasteiger partial charge in [0.25, 0.3) is 0 Å². The second kappa shape index (κ2) is 11.0. The topological polar surface area (TPSA) is 97.6 Å². The van der Waals surface area contributed by atoms with Crippen LogP contribution in [0.25, 0.3) is 0 Å². The number of piperidine rings is 1. The van der Waals surface area contributed by atoms with Crippen LogP contribution in [0.4, 0.5) is 5.69 Å². The van der Waals surface area contributed by atoms with E-state index >= 15 is 0 Å². The van der Waals surface area contributed by atoms with E-state index in [0.29, 0.717) is 18.1 Å². The monoisotopic (exact) mass is 533 g/mol. The summed E-state index contributed by atoms with van der Waals surface area (Å²) in [6.45, 7) is 7.13. The number of aliphatic imine (C=N–C) groups is 1. The zero-order valence-electron chi connectivity index (χ0n) is 17.6. The predicted molar refractivity (Wildman–Crippen MR) is 130 cm³/mol. The number of benzene rings is 1. The predicted octanol–water partition coefficient (Wildman–Crippen LogP) is 2.52. The number of nitriles is 1. The molecule has 2 N–H and O–H groups in total. The van der Waals surface area contributed by atoms with Crippen molar-refractivity contribution >= 4 is 45.5 Å². The van der Waals surface area contributed by atoms with Gasteiger partial charge in [-0.15, -0.1) is 24.0 Å². The average molecular weight is 533 g/mol. The van der Waals surface area contributed by atoms with Crippen molar-refractivity contribution in [3.8, 4) is 6.07 Å². The number of halogens is 1. The third-order valence-corrected chi connectivity index (χ3v) is 7.55. The lowest BCUT2D eigenvalue weighted by Gasteiger charge is -2.35. The Labute approximate surface area is 191 Å². The van der Waals surface area contributed by atoms with Crippen LogP contribution in [0.5, 0.6) is 0 Å². The lowest BCUT2D eigenvalue weighted by atomic mass is 10.0. The molecule has 1 fully saturated rings. The van der Waals surface area contributed by atoms with Crippen molar-refractivity contribution in [2.24, 2.45) is 4.99 Å². The number of sulfone groups is 1. The maximum atomic E-state index is 12.2. The van der Waals surface area contributed by atoms with Gasteiger partial charge in [-0.1, -0.05) is 12.1 Å². The summed E-state index contributed by atoms with van der Waals surface area (Å²) >= 11 is 0. The first-order chi connectivity index (χ1) is 13.2. The molecule has 1 atom stereocenters. The number of nitrogens with one attached hydrogen (secondary N) is 2. The minimum Gasteiger partial charge on any atom is -0.368 e. The minimum absolute atomic E-state index is 0. The smallest absolute Gasteiger partial charge is 0.191 e. The van der Waals surface area contributed by atoms with Crippen LogP contribution in [0.3, 0.4) is 0 Å². The molecule has 0 bridgehead atoms. The van der Waals surface area contributed by atoms with Gasteiger partial charge in [0.2, 0.25) is 0 Å². The summed E-state index contributed by atoms with van der Waals surface area (Å²) in [6.07, 6.45) is 2.00. The van der Waals surface area contributed by atoms with Crippen molar-refractivity contribution in [2.45, 2.75) is 44.4 Å². The van der Waals surface area contributed by atoms with E-state index in [1.54, 1.807) is 27.8 Å². The van der Waals surface area contributed by atoms with Crippen LogP contribution in [-0.4, -0.2) is 57.6 Å². The summed E-state index contributed by atoms with van der Waals surface area (Å²) in [4.78, 5) is 6.44. The van der Waals surface area contributed by atoms with Crippen molar-refractivity contribution in [1.82, 2.24) is 10.6 Å². The fraction of sp³-hybridized carbons (Fsp3) is 0.600. The zero-order valence-corrected chi connectivity index (χ0v) is 20.8. The summed E-state index contributed by atoms with van der Waals surface area (Å²) in [7, 11) is -1.49. The molecule has 2 rings (SSSR count). The van der Waals surface area contributed by atoms with Gasteiger partial charge in [-0.2, -0.15) is 5.26 Å². The van der Waals surface area contributed by atoms with E-state index in [1.165, 1.54) is 0 Å². The Morgan fingerprint density at radius 3 is 2.66 bits per heavy atom. The highest BCUT2D eigenvalue weighted by atomic mass is 127. The molecule has 1 unspecified atom stereocenters. The molecular weight excluding hydrogens is 501 g/mol. The standard InChI is InChI=1S/C20H31N5O2S.HI/c1-20(2,3)28(26,27)13-11-23-19(22-4)24-17-9-7-12-25(15-17)18-10-6-5-8-16(18)14-21;/h5-6,8,10,17H,7,9,11-13,15H2,1-4H3,(H2,22,23,24);1H. The Morgan fingerprint density at radius 1 is 1.34 bits per heavy atom. The lowest BCUT2D eigenvalue weighted by Crippen LogP contribution is -2.52. The fourth-order valence-corrected chi connectivity index (χ4v) is 4.14. The molecule has 7 nitrogen and oxygen atoms in total. The largest absolute Gasteiger partial charge is 0.368 e. The first-order valence-corrected chi connectivity index (χ1v) is 11.3. The molecule has 1 heterocycles. The SMILES string of the molecule is CN=C(NCCS(=O)(=O)C(C)(C)C)NC1CCCN(c2ccccc2C#N)C1.I. The molecule has 0 aromatic heterocycles. The molecule has 29 heavy (non-hydrogen) atoms. The van der Waals surface area contributed by atoms with E-state index in [2.05, 4.69) is 26.6 Å². The van der Waals surface area contributed by atoms with Crippen molar-refractivity contribution in [3.63, 3.8) is 0 Å². The van der Waals surface area contributed by atoms with E-state index in [9.17, 15) is 13.7 Å². The van der Waals surface area contributed by atoms with Gasteiger partial charge in [0.1, 0.15) is 6.07 Å². The van der Waals surface area contributed by atoms with Crippen molar-refractivity contribution in [3.05, 3.63) is 29.8 Å². The molecule has 1 aromatic carbocycles. The molecular formula is C20H32IN5O2S. The van der Waals surface area contributed by atoms with Crippen LogP contribution >= 0.6 is 24.0 Å². The summed E-state index contributed by atoms with van der Waals surface area (Å²) in [5, 5.41) is 15.8. The molecule has 1 aromatic rings. The molecule has 0 aliphatic carbocycles. The molecule has 0 amide bonds. The second-order valence-corrected chi connectivity index (χ2v) is 10.9. The van der Waals surface area contributed by atoms with Gasteiger partial charge < -0.3 is 15.5 Å². The maximum absolute atomic E-state index is 12.2. The van der Waals surface area contributed by atoms with Crippen LogP contribution in [0.15, 0.2) is 29.3 Å². The highest BCUT2D eigenvalue weighted by Crippen LogP contribution is 2.23. The Kier molecular flexibility index (Phi) is 9.68. The molecule has 162 valence electrons. The quantitative estimate of drug-likeness (QED) is 0.343. The Bertz CT molecular complexity index is 843. The van der Waals surface area contributed by atoms with E-state index < -0.39 is 14.6 Å². The molecule has 1 aliphatic heterocycles. The molecule has 0 saturated carbocycles. The molecule has 1 aliphatic rings. The Morgan fingerprint density at radius 2 is 2.03 bits per heavy atom. The molecule has 0 spiro atoms. The molecule has 0 radical (unpaired) electrons. The summed E-state index contributed by atoms with van der Waals surface area (Å²) < 4.78 is 23.7. The van der Waals surface area contributed by atoms with Gasteiger partial charge in [-0.25, -0.2) is 8.42 Å². The van der Waals surface area contributed by atoms with E-state index in [1.807, 2.05) is 24.3 Å². The number of rotatable bonds is 5. The van der Waals surface area contributed by atoms with Crippen LogP contribution in [-0.2, 0) is 9.84 Å². The van der Waals surface area contributed by atoms with Gasteiger partial charge in [0.15, 0.2) is 15.8 Å². The fourth-order valence-electron chi connectivity index (χ4n) is 3.16. The van der Waals surface area contributed by atoms with Gasteiger partial charge in [-0.05, 0) is 45.7 Å². The first kappa shape index (κ1) is 25.5. The van der Waals surface area contributed by atoms with Gasteiger partial charge >= 0.3 is 0 Å². The third kappa shape index (κ3) is 7.03. The number of nitrogens with zero attached hydrogens (tertiary/aromatic N) is 3. The summed E-state index contributed by atoms with van der Waals surface area (Å²) in [5.74, 6) is 0.660. The highest BCUT2D eigenvalue weighted by Gasteiger charge is 2.28. The van der Waals surface area contributed by atoms with Crippen molar-refractivity contribution in [2.75, 3.05) is 37.3 Å². The number of guanidine groups is 1. The molecule has 1 saturated heterocycles.